The summed E-state index contributed by atoms with van der Waals surface area (Å²) in [5.74, 6) is 0.104. The van der Waals surface area contributed by atoms with E-state index >= 15 is 0 Å². The number of allylic oxidation sites excluding steroid dienone is 2. The first-order valence-corrected chi connectivity index (χ1v) is 11.4. The molecule has 1 aromatic heterocycles. The molecule has 0 aliphatic carbocycles. The maximum absolute atomic E-state index is 11.5. The van der Waals surface area contributed by atoms with Crippen molar-refractivity contribution in [3.05, 3.63) is 76.7 Å². The molecule has 34 heavy (non-hydrogen) atoms. The second-order valence-electron chi connectivity index (χ2n) is 10.9. The van der Waals surface area contributed by atoms with Crippen LogP contribution in [0.25, 0.3) is 22.0 Å². The summed E-state index contributed by atoms with van der Waals surface area (Å²) in [5, 5.41) is 12.0. The summed E-state index contributed by atoms with van der Waals surface area (Å²) in [6.07, 6.45) is 3.29. The van der Waals surface area contributed by atoms with E-state index in [2.05, 4.69) is 63.0 Å². The number of benzene rings is 2. The predicted octanol–water partition coefficient (Wildman–Crippen LogP) is 8.02. The molecule has 0 aliphatic rings. The molecule has 0 amide bonds. The Morgan fingerprint density at radius 1 is 0.882 bits per heavy atom. The third-order valence-electron chi connectivity index (χ3n) is 5.70. The molecule has 3 rings (SSSR count). The number of nitrogens with zero attached hydrogens (tertiary/aromatic N) is 1. The number of aliphatic hydroxyl groups excluding tert-OH is 1. The Bertz CT molecular complexity index is 1190. The van der Waals surface area contributed by atoms with Gasteiger partial charge in [-0.1, -0.05) is 79.2 Å². The summed E-state index contributed by atoms with van der Waals surface area (Å²) in [7, 11) is 0. The molecule has 0 bridgehead atoms. The van der Waals surface area contributed by atoms with Gasteiger partial charge < -0.3 is 10.1 Å². The van der Waals surface area contributed by atoms with Gasteiger partial charge >= 0.3 is 0 Å². The molecule has 3 aromatic rings. The topological polar surface area (TPSA) is 50.2 Å². The molecule has 1 heterocycles. The van der Waals surface area contributed by atoms with Crippen LogP contribution in [0.5, 0.6) is 0 Å². The van der Waals surface area contributed by atoms with Crippen molar-refractivity contribution in [1.29, 1.82) is 0 Å². The van der Waals surface area contributed by atoms with E-state index in [1.54, 1.807) is 0 Å². The van der Waals surface area contributed by atoms with E-state index in [1.807, 2.05) is 53.8 Å². The van der Waals surface area contributed by atoms with Gasteiger partial charge in [-0.2, -0.15) is 0 Å². The van der Waals surface area contributed by atoms with E-state index in [-0.39, 0.29) is 37.1 Å². The summed E-state index contributed by atoms with van der Waals surface area (Å²) in [6.45, 7) is 19.6. The van der Waals surface area contributed by atoms with Crippen molar-refractivity contribution in [2.75, 3.05) is 0 Å². The molecule has 3 nitrogen and oxygen atoms in total. The van der Waals surface area contributed by atoms with Gasteiger partial charge in [-0.3, -0.25) is 4.79 Å². The van der Waals surface area contributed by atoms with Crippen molar-refractivity contribution >= 4 is 16.6 Å². The molecule has 0 unspecified atom stereocenters. The number of hydrogen-bond acceptors (Lipinski definition) is 3. The van der Waals surface area contributed by atoms with Crippen LogP contribution >= 0.6 is 0 Å². The van der Waals surface area contributed by atoms with Gasteiger partial charge in [0.1, 0.15) is 5.76 Å². The largest absolute Gasteiger partial charge is 0.512 e. The van der Waals surface area contributed by atoms with Crippen LogP contribution in [0.1, 0.15) is 63.8 Å². The Labute approximate surface area is 219 Å². The zero-order chi connectivity index (χ0) is 25.1. The molecule has 0 aliphatic heterocycles. The zero-order valence-corrected chi connectivity index (χ0v) is 24.6. The van der Waals surface area contributed by atoms with Gasteiger partial charge in [0.05, 0.1) is 0 Å². The fourth-order valence-corrected chi connectivity index (χ4v) is 3.08. The molecule has 0 saturated carbocycles. The predicted molar refractivity (Wildman–Crippen MR) is 140 cm³/mol. The Kier molecular flexibility index (Phi) is 9.99. The second-order valence-corrected chi connectivity index (χ2v) is 10.9. The van der Waals surface area contributed by atoms with Gasteiger partial charge in [0.15, 0.2) is 5.78 Å². The van der Waals surface area contributed by atoms with Crippen molar-refractivity contribution in [2.45, 2.75) is 69.2 Å². The van der Waals surface area contributed by atoms with Crippen LogP contribution in [-0.4, -0.2) is 15.9 Å². The minimum absolute atomic E-state index is 0. The Morgan fingerprint density at radius 2 is 1.50 bits per heavy atom. The minimum Gasteiger partial charge on any atom is -0.512 e. The number of ketones is 1. The van der Waals surface area contributed by atoms with E-state index in [0.717, 1.165) is 11.3 Å². The van der Waals surface area contributed by atoms with Crippen LogP contribution in [0.3, 0.4) is 0 Å². The van der Waals surface area contributed by atoms with Crippen molar-refractivity contribution in [3.63, 3.8) is 0 Å². The quantitative estimate of drug-likeness (QED) is 0.176. The summed E-state index contributed by atoms with van der Waals surface area (Å²) in [4.78, 5) is 16.1. The first kappa shape index (κ1) is 29.7. The first-order valence-electron chi connectivity index (χ1n) is 11.4. The van der Waals surface area contributed by atoms with Crippen LogP contribution in [0, 0.1) is 44.6 Å². The Hall–Kier alpha value is -2.29. The number of fused-ring (bicyclic) bond motifs is 1. The van der Waals surface area contributed by atoms with Gasteiger partial charge in [-0.15, -0.1) is 34.9 Å². The minimum atomic E-state index is -0.417. The van der Waals surface area contributed by atoms with E-state index in [9.17, 15) is 9.90 Å². The number of carbonyl (C=O) groups excluding carboxylic acids is 1. The van der Waals surface area contributed by atoms with Crippen LogP contribution in [-0.2, 0) is 24.9 Å². The van der Waals surface area contributed by atoms with Crippen molar-refractivity contribution < 1.29 is 30.0 Å². The zero-order valence-electron chi connectivity index (χ0n) is 22.2. The number of hydrogen-bond donors (Lipinski definition) is 1. The van der Waals surface area contributed by atoms with E-state index in [1.165, 1.54) is 39.1 Å². The van der Waals surface area contributed by atoms with Crippen LogP contribution in [0.15, 0.2) is 48.4 Å². The first-order chi connectivity index (χ1) is 15.1. The molecular weight excluding hydrogens is 599 g/mol. The summed E-state index contributed by atoms with van der Waals surface area (Å²) in [6, 6.07) is 14.1. The molecule has 0 atom stereocenters. The Balaban J connectivity index is 0.000000364. The average molecular weight is 637 g/mol. The molecule has 4 heteroatoms. The number of rotatable bonds is 2. The van der Waals surface area contributed by atoms with Crippen molar-refractivity contribution in [2.24, 2.45) is 10.8 Å². The van der Waals surface area contributed by atoms with E-state index < -0.39 is 5.41 Å². The van der Waals surface area contributed by atoms with Gasteiger partial charge in [-0.25, -0.2) is 0 Å². The third kappa shape index (κ3) is 7.61. The fourth-order valence-electron chi connectivity index (χ4n) is 3.08. The molecule has 0 saturated heterocycles. The van der Waals surface area contributed by atoms with Crippen molar-refractivity contribution in [3.8, 4) is 11.3 Å². The number of carbonyl (C=O) groups is 1. The van der Waals surface area contributed by atoms with E-state index in [4.69, 9.17) is 0 Å². The molecule has 2 aromatic carbocycles. The maximum atomic E-state index is 11.5. The smallest absolute Gasteiger partial charge is 0.164 e. The van der Waals surface area contributed by atoms with Gasteiger partial charge in [0, 0.05) is 43.2 Å². The maximum Gasteiger partial charge on any atom is 0.164 e. The summed E-state index contributed by atoms with van der Waals surface area (Å²) in [5.41, 5.74) is 6.35. The van der Waals surface area contributed by atoms with Gasteiger partial charge in [-0.05, 0) is 35.9 Å². The number of aliphatic hydroxyl groups is 1. The molecule has 1 radical (unpaired) electrons. The molecular formula is C30H38IrNO2-. The number of aryl methyl sites for hydroxylation is 4. The Morgan fingerprint density at radius 3 is 2.03 bits per heavy atom. The monoisotopic (exact) mass is 637 g/mol. The SMILES string of the molecule is CC(C)(C)C(=O)/C=C(\O)C(C)(C)C.Cc1ccc2c(C)cnc(-c3[c-]cc(C)c(C)c3)c2c1.[Ir]. The second kappa shape index (κ2) is 11.4. The number of pyridine rings is 1. The summed E-state index contributed by atoms with van der Waals surface area (Å²) < 4.78 is 0. The molecule has 185 valence electrons. The third-order valence-corrected chi connectivity index (χ3v) is 5.70. The standard InChI is InChI=1S/C19H18N.C11H20O2.Ir/c1-12-5-8-17-15(4)11-20-19(18(17)9-12)16-7-6-13(2)14(3)10-16;1-10(2,3)8(12)7-9(13)11(4,5)6;/h5-6,8-11H,1-4H3;7,12H,1-6H3;/q-1;;/b;8-7-;. The fraction of sp³-hybridized carbons (Fsp3) is 0.400. The summed E-state index contributed by atoms with van der Waals surface area (Å²) >= 11 is 0. The van der Waals surface area contributed by atoms with Crippen LogP contribution < -0.4 is 0 Å². The average Bonchev–Trinajstić information content (AvgIpc) is 2.69. The molecule has 0 fully saturated rings. The van der Waals surface area contributed by atoms with Crippen LogP contribution in [0.4, 0.5) is 0 Å². The van der Waals surface area contributed by atoms with Crippen LogP contribution in [0.2, 0.25) is 0 Å². The van der Waals surface area contributed by atoms with E-state index in [0.29, 0.717) is 0 Å². The molecule has 1 N–H and O–H groups in total. The van der Waals surface area contributed by atoms with Gasteiger partial charge in [0.2, 0.25) is 0 Å². The molecule has 0 spiro atoms. The van der Waals surface area contributed by atoms with Crippen molar-refractivity contribution in [1.82, 2.24) is 4.98 Å². The normalized spacial score (nSPS) is 12.0. The number of aromatic nitrogens is 1. The van der Waals surface area contributed by atoms with Gasteiger partial charge in [0.25, 0.3) is 0 Å².